The quantitative estimate of drug-likeness (QED) is 0.445. The van der Waals surface area contributed by atoms with Crippen molar-refractivity contribution in [3.8, 4) is 0 Å². The monoisotopic (exact) mass is 314 g/mol. The number of thioether (sulfide) groups is 1. The topological polar surface area (TPSA) is 43.1 Å². The van der Waals surface area contributed by atoms with Crippen LogP contribution in [0, 0.1) is 0 Å². The van der Waals surface area contributed by atoms with Gasteiger partial charge in [-0.3, -0.25) is 0 Å². The molecule has 0 unspecified atom stereocenters. The molecule has 0 aliphatic carbocycles. The minimum absolute atomic E-state index is 0.853. The maximum Gasteiger partial charge on any atom is 0.209 e. The summed E-state index contributed by atoms with van der Waals surface area (Å²) >= 11 is 1.75. The van der Waals surface area contributed by atoms with Gasteiger partial charge in [-0.1, -0.05) is 62.9 Å². The average Bonchev–Trinajstić information content (AvgIpc) is 2.97. The summed E-state index contributed by atoms with van der Waals surface area (Å²) in [5.74, 6) is 1.09. The summed E-state index contributed by atoms with van der Waals surface area (Å²) in [5.41, 5.74) is 1.87. The zero-order valence-corrected chi connectivity index (χ0v) is 13.9. The van der Waals surface area contributed by atoms with Crippen molar-refractivity contribution < 1.29 is 0 Å². The number of hydrogen-bond donors (Lipinski definition) is 0. The highest BCUT2D eigenvalue weighted by Crippen LogP contribution is 2.21. The molecule has 4 nitrogen and oxygen atoms in total. The normalized spacial score (nSPS) is 11.5. The summed E-state index contributed by atoms with van der Waals surface area (Å²) in [5, 5.41) is 6.43. The van der Waals surface area contributed by atoms with Gasteiger partial charge in [-0.2, -0.15) is 0 Å². The van der Waals surface area contributed by atoms with Gasteiger partial charge in [0, 0.05) is 11.1 Å². The molecule has 2 heterocycles. The smallest absolute Gasteiger partial charge is 0.209 e. The van der Waals surface area contributed by atoms with Gasteiger partial charge in [0.25, 0.3) is 0 Å². The van der Waals surface area contributed by atoms with Crippen LogP contribution in [0.15, 0.2) is 35.7 Å². The summed E-state index contributed by atoms with van der Waals surface area (Å²) in [7, 11) is 0. The van der Waals surface area contributed by atoms with Gasteiger partial charge in [0.2, 0.25) is 5.16 Å². The fraction of sp³-hybridized carbons (Fsp3) is 0.471. The highest BCUT2D eigenvalue weighted by Gasteiger charge is 2.08. The lowest BCUT2D eigenvalue weighted by Crippen LogP contribution is -1.90. The highest BCUT2D eigenvalue weighted by atomic mass is 32.2. The van der Waals surface area contributed by atoms with E-state index >= 15 is 0 Å². The van der Waals surface area contributed by atoms with E-state index in [2.05, 4.69) is 28.1 Å². The molecular formula is C17H22N4S. The largest absolute Gasteiger partial charge is 0.236 e. The predicted molar refractivity (Wildman–Crippen MR) is 92.4 cm³/mol. The molecule has 0 amide bonds. The van der Waals surface area contributed by atoms with Gasteiger partial charge in [-0.15, -0.1) is 5.10 Å². The van der Waals surface area contributed by atoms with Crippen LogP contribution in [-0.2, 0) is 0 Å². The highest BCUT2D eigenvalue weighted by molar-refractivity contribution is 7.99. The van der Waals surface area contributed by atoms with Gasteiger partial charge in [0.05, 0.1) is 5.52 Å². The van der Waals surface area contributed by atoms with Crippen LogP contribution in [0.5, 0.6) is 0 Å². The van der Waals surface area contributed by atoms with Crippen LogP contribution in [0.1, 0.15) is 45.4 Å². The Bertz CT molecular complexity index is 738. The first-order valence-electron chi connectivity index (χ1n) is 8.11. The molecule has 22 heavy (non-hydrogen) atoms. The van der Waals surface area contributed by atoms with Gasteiger partial charge in [0.15, 0.2) is 5.65 Å². The van der Waals surface area contributed by atoms with Crippen molar-refractivity contribution in [2.45, 2.75) is 50.6 Å². The average molecular weight is 314 g/mol. The summed E-state index contributed by atoms with van der Waals surface area (Å²) in [6.07, 6.45) is 9.68. The lowest BCUT2D eigenvalue weighted by Gasteiger charge is -1.98. The lowest BCUT2D eigenvalue weighted by atomic mass is 10.1. The summed E-state index contributed by atoms with van der Waals surface area (Å²) < 4.78 is 1.78. The van der Waals surface area contributed by atoms with Crippen molar-refractivity contribution in [1.82, 2.24) is 19.6 Å². The summed E-state index contributed by atoms with van der Waals surface area (Å²) in [6, 6.07) is 8.07. The Morgan fingerprint density at radius 3 is 2.77 bits per heavy atom. The number of para-hydroxylation sites is 1. The van der Waals surface area contributed by atoms with Crippen LogP contribution >= 0.6 is 11.8 Å². The number of benzene rings is 1. The van der Waals surface area contributed by atoms with Crippen LogP contribution in [0.2, 0.25) is 0 Å². The van der Waals surface area contributed by atoms with E-state index in [1.807, 2.05) is 18.2 Å². The number of aromatic nitrogens is 4. The Kier molecular flexibility index (Phi) is 5.27. The molecule has 0 radical (unpaired) electrons. The van der Waals surface area contributed by atoms with E-state index in [9.17, 15) is 0 Å². The third-order valence-electron chi connectivity index (χ3n) is 3.79. The van der Waals surface area contributed by atoms with E-state index in [1.165, 1.54) is 38.5 Å². The second-order valence-corrected chi connectivity index (χ2v) is 6.60. The van der Waals surface area contributed by atoms with Crippen molar-refractivity contribution in [2.75, 3.05) is 5.75 Å². The first kappa shape index (κ1) is 15.3. The molecule has 0 saturated carbocycles. The number of nitrogens with zero attached hydrogens (tertiary/aromatic N) is 4. The Hall–Kier alpha value is -1.62. The van der Waals surface area contributed by atoms with Gasteiger partial charge in [-0.25, -0.2) is 14.5 Å². The number of fused-ring (bicyclic) bond motifs is 3. The maximum absolute atomic E-state index is 4.66. The molecule has 0 N–H and O–H groups in total. The van der Waals surface area contributed by atoms with E-state index in [1.54, 1.807) is 22.6 Å². The van der Waals surface area contributed by atoms with Crippen LogP contribution in [-0.4, -0.2) is 25.3 Å². The Balaban J connectivity index is 1.59. The fourth-order valence-corrected chi connectivity index (χ4v) is 3.39. The van der Waals surface area contributed by atoms with Crippen molar-refractivity contribution >= 4 is 28.3 Å². The number of unbranched alkanes of at least 4 members (excludes halogenated alkanes) is 5. The SMILES string of the molecule is CCCCCCCCSc1nc2c3ccccc3ncn2n1. The molecule has 0 aliphatic heterocycles. The second-order valence-electron chi connectivity index (χ2n) is 5.54. The van der Waals surface area contributed by atoms with Crippen LogP contribution in [0.25, 0.3) is 16.6 Å². The lowest BCUT2D eigenvalue weighted by molar-refractivity contribution is 0.627. The van der Waals surface area contributed by atoms with Gasteiger partial charge in [0.1, 0.15) is 6.33 Å². The molecule has 5 heteroatoms. The van der Waals surface area contributed by atoms with Gasteiger partial charge >= 0.3 is 0 Å². The molecule has 0 saturated heterocycles. The van der Waals surface area contributed by atoms with Crippen molar-refractivity contribution in [2.24, 2.45) is 0 Å². The third-order valence-corrected chi connectivity index (χ3v) is 4.72. The third kappa shape index (κ3) is 3.58. The summed E-state index contributed by atoms with van der Waals surface area (Å²) in [4.78, 5) is 9.08. The van der Waals surface area contributed by atoms with E-state index < -0.39 is 0 Å². The van der Waals surface area contributed by atoms with Gasteiger partial charge < -0.3 is 0 Å². The number of rotatable bonds is 8. The minimum Gasteiger partial charge on any atom is -0.236 e. The Morgan fingerprint density at radius 2 is 1.86 bits per heavy atom. The van der Waals surface area contributed by atoms with E-state index in [0.717, 1.165) is 27.5 Å². The maximum atomic E-state index is 4.66. The molecule has 0 aliphatic rings. The zero-order chi connectivity index (χ0) is 15.2. The second kappa shape index (κ2) is 7.58. The molecular weight excluding hydrogens is 292 g/mol. The first-order valence-corrected chi connectivity index (χ1v) is 9.10. The molecule has 3 rings (SSSR count). The zero-order valence-electron chi connectivity index (χ0n) is 13.0. The molecule has 2 aromatic heterocycles. The molecule has 0 spiro atoms. The van der Waals surface area contributed by atoms with Crippen LogP contribution < -0.4 is 0 Å². The minimum atomic E-state index is 0.853. The predicted octanol–water partition coefficient (Wildman–Crippen LogP) is 4.73. The molecule has 0 atom stereocenters. The molecule has 0 fully saturated rings. The number of hydrogen-bond acceptors (Lipinski definition) is 4. The van der Waals surface area contributed by atoms with E-state index in [-0.39, 0.29) is 0 Å². The standard InChI is InChI=1S/C17H22N4S/c1-2-3-4-5-6-9-12-22-17-19-16-14-10-7-8-11-15(14)18-13-21(16)20-17/h7-8,10-11,13H,2-6,9,12H2,1H3. The molecule has 3 aromatic rings. The Morgan fingerprint density at radius 1 is 1.05 bits per heavy atom. The van der Waals surface area contributed by atoms with E-state index in [0.29, 0.717) is 0 Å². The van der Waals surface area contributed by atoms with E-state index in [4.69, 9.17) is 0 Å². The van der Waals surface area contributed by atoms with Crippen LogP contribution in [0.3, 0.4) is 0 Å². The molecule has 0 bridgehead atoms. The molecule has 1 aromatic carbocycles. The fourth-order valence-electron chi connectivity index (χ4n) is 2.57. The molecule has 116 valence electrons. The summed E-state index contributed by atoms with van der Waals surface area (Å²) in [6.45, 7) is 2.25. The van der Waals surface area contributed by atoms with Crippen molar-refractivity contribution in [1.29, 1.82) is 0 Å². The van der Waals surface area contributed by atoms with Crippen molar-refractivity contribution in [3.05, 3.63) is 30.6 Å². The van der Waals surface area contributed by atoms with Gasteiger partial charge in [-0.05, 0) is 18.6 Å². The van der Waals surface area contributed by atoms with Crippen molar-refractivity contribution in [3.63, 3.8) is 0 Å². The Labute approximate surface area is 135 Å². The first-order chi connectivity index (χ1) is 10.9. The van der Waals surface area contributed by atoms with Crippen LogP contribution in [0.4, 0.5) is 0 Å².